The Morgan fingerprint density at radius 1 is 0.400 bits per heavy atom. The molecule has 10 aromatic carbocycles. The molecule has 0 fully saturated rings. The van der Waals surface area contributed by atoms with Gasteiger partial charge in [-0.25, -0.2) is 0 Å². The average Bonchev–Trinajstić information content (AvgIpc) is 4.14. The minimum absolute atomic E-state index is 0.0381. The fourth-order valence-corrected chi connectivity index (χ4v) is 14.0. The first-order valence-corrected chi connectivity index (χ1v) is 26.8. The van der Waals surface area contributed by atoms with Gasteiger partial charge in [-0.15, -0.1) is 0 Å². The summed E-state index contributed by atoms with van der Waals surface area (Å²) in [5.74, 6) is 0. The Bertz CT molecular complexity index is 4020. The van der Waals surface area contributed by atoms with E-state index < -0.39 is 10.8 Å². The second kappa shape index (κ2) is 17.2. The molecule has 360 valence electrons. The average molecular weight is 964 g/mol. The van der Waals surface area contributed by atoms with Gasteiger partial charge in [0, 0.05) is 27.6 Å². The van der Waals surface area contributed by atoms with Crippen LogP contribution in [0.1, 0.15) is 95.3 Å². The third-order valence-electron chi connectivity index (χ3n) is 17.2. The quantitative estimate of drug-likeness (QED) is 0.165. The first-order valence-electron chi connectivity index (χ1n) is 26.8. The van der Waals surface area contributed by atoms with E-state index in [2.05, 4.69) is 267 Å². The zero-order valence-corrected chi connectivity index (χ0v) is 42.9. The SMILES string of the molecule is CC.CC1(C)c2ccccc2-c2ccc(N(c3ccc4c(c3)C3(c5ccccc5-4)c4ccccc4C(c4ccccc4)(c4ccccc4)c4ccccc43)C3C=CC(c4ccc5c(c4)oc4ccccc45)=CC3)cc21. The van der Waals surface area contributed by atoms with Crippen LogP contribution in [0.2, 0.25) is 0 Å². The Kier molecular flexibility index (Phi) is 10.3. The maximum atomic E-state index is 6.38. The lowest BCUT2D eigenvalue weighted by atomic mass is 9.51. The molecule has 1 atom stereocenters. The molecule has 1 heterocycles. The van der Waals surface area contributed by atoms with Crippen molar-refractivity contribution in [3.63, 3.8) is 0 Å². The summed E-state index contributed by atoms with van der Waals surface area (Å²) >= 11 is 0. The normalized spacial score (nSPS) is 16.4. The van der Waals surface area contributed by atoms with Gasteiger partial charge in [0.25, 0.3) is 0 Å². The van der Waals surface area contributed by atoms with Crippen LogP contribution < -0.4 is 4.90 Å². The highest BCUT2D eigenvalue weighted by Crippen LogP contribution is 2.65. The van der Waals surface area contributed by atoms with Gasteiger partial charge in [-0.3, -0.25) is 0 Å². The van der Waals surface area contributed by atoms with Crippen LogP contribution in [0.25, 0.3) is 49.8 Å². The van der Waals surface area contributed by atoms with E-state index in [-0.39, 0.29) is 11.5 Å². The smallest absolute Gasteiger partial charge is 0.136 e. The Morgan fingerprint density at radius 2 is 0.880 bits per heavy atom. The van der Waals surface area contributed by atoms with Gasteiger partial charge in [0.15, 0.2) is 0 Å². The summed E-state index contributed by atoms with van der Waals surface area (Å²) in [4.78, 5) is 2.63. The molecular formula is C73H57NO. The predicted molar refractivity (Wildman–Crippen MR) is 312 cm³/mol. The summed E-state index contributed by atoms with van der Waals surface area (Å²) in [6.45, 7) is 8.78. The number of anilines is 2. The molecule has 2 heteroatoms. The van der Waals surface area contributed by atoms with E-state index in [1.807, 2.05) is 19.9 Å². The molecule has 0 amide bonds. The molecular weight excluding hydrogens is 907 g/mol. The van der Waals surface area contributed by atoms with Gasteiger partial charge < -0.3 is 9.32 Å². The standard InChI is InChI=1S/C71H51NO.C2H6/c1-69(2)59-26-12-9-23-53(59)55-41-38-51(44-65(55)69)72(50-36-33-46(34-37-50)47-35-40-58-57-25-11-18-32-67(57)73-68(58)43-47)52-39-42-56-54-24-10-13-27-60(54)71(66(56)45-52)63-30-16-14-28-61(63)70(48-19-5-3-6-20-48,49-21-7-4-8-22-49)62-29-15-17-31-64(62)71;1-2/h3-36,38-45,50H,37H2,1-2H3;1-2H3. The zero-order chi connectivity index (χ0) is 50.5. The maximum absolute atomic E-state index is 6.38. The molecule has 0 saturated heterocycles. The lowest BCUT2D eigenvalue weighted by molar-refractivity contribution is 0.623. The second-order valence-corrected chi connectivity index (χ2v) is 21.0. The van der Waals surface area contributed by atoms with E-state index in [0.717, 1.165) is 28.4 Å². The van der Waals surface area contributed by atoms with Crippen LogP contribution in [-0.4, -0.2) is 6.04 Å². The van der Waals surface area contributed by atoms with E-state index in [1.54, 1.807) is 0 Å². The number of allylic oxidation sites excluding steroid dienone is 2. The van der Waals surface area contributed by atoms with Crippen LogP contribution in [0.3, 0.4) is 0 Å². The topological polar surface area (TPSA) is 16.4 Å². The van der Waals surface area contributed by atoms with Crippen LogP contribution in [0.4, 0.5) is 11.4 Å². The summed E-state index contributed by atoms with van der Waals surface area (Å²) in [6, 6.07) is 89.0. The summed E-state index contributed by atoms with van der Waals surface area (Å²) in [6.07, 6.45) is 8.03. The van der Waals surface area contributed by atoms with Crippen molar-refractivity contribution in [3.8, 4) is 22.3 Å². The van der Waals surface area contributed by atoms with E-state index in [0.29, 0.717) is 0 Å². The van der Waals surface area contributed by atoms with Crippen molar-refractivity contribution in [1.82, 2.24) is 0 Å². The van der Waals surface area contributed by atoms with Crippen LogP contribution in [-0.2, 0) is 16.2 Å². The third-order valence-corrected chi connectivity index (χ3v) is 17.2. The van der Waals surface area contributed by atoms with Crippen molar-refractivity contribution in [1.29, 1.82) is 0 Å². The van der Waals surface area contributed by atoms with Gasteiger partial charge >= 0.3 is 0 Å². The number of rotatable bonds is 6. The first kappa shape index (κ1) is 44.9. The molecule has 75 heavy (non-hydrogen) atoms. The van der Waals surface area contributed by atoms with Crippen LogP contribution in [0.15, 0.2) is 259 Å². The number of hydrogen-bond acceptors (Lipinski definition) is 2. The Hall–Kier alpha value is -8.72. The highest BCUT2D eigenvalue weighted by Gasteiger charge is 2.56. The molecule has 1 aromatic heterocycles. The lowest BCUT2D eigenvalue weighted by Crippen LogP contribution is -2.44. The molecule has 4 aliphatic rings. The molecule has 15 rings (SSSR count). The van der Waals surface area contributed by atoms with Crippen LogP contribution in [0.5, 0.6) is 0 Å². The number of fused-ring (bicyclic) bond motifs is 15. The lowest BCUT2D eigenvalue weighted by Gasteiger charge is -2.50. The third kappa shape index (κ3) is 6.33. The van der Waals surface area contributed by atoms with Gasteiger partial charge in [0.2, 0.25) is 0 Å². The van der Waals surface area contributed by atoms with Gasteiger partial charge in [-0.1, -0.05) is 240 Å². The summed E-state index contributed by atoms with van der Waals surface area (Å²) in [5.41, 5.74) is 23.7. The Balaban J connectivity index is 0.00000255. The van der Waals surface area contributed by atoms with Crippen LogP contribution in [0, 0.1) is 0 Å². The van der Waals surface area contributed by atoms with Gasteiger partial charge in [-0.05, 0) is 138 Å². The van der Waals surface area contributed by atoms with Crippen molar-refractivity contribution in [3.05, 3.63) is 316 Å². The largest absolute Gasteiger partial charge is 0.456 e. The van der Waals surface area contributed by atoms with Gasteiger partial charge in [-0.2, -0.15) is 0 Å². The van der Waals surface area contributed by atoms with Crippen LogP contribution >= 0.6 is 0 Å². The number of hydrogen-bond donors (Lipinski definition) is 0. The van der Waals surface area contributed by atoms with Gasteiger partial charge in [0.05, 0.1) is 16.9 Å². The zero-order valence-electron chi connectivity index (χ0n) is 42.9. The van der Waals surface area contributed by atoms with Crippen molar-refractivity contribution in [2.24, 2.45) is 0 Å². The van der Waals surface area contributed by atoms with Crippen molar-refractivity contribution < 1.29 is 4.42 Å². The summed E-state index contributed by atoms with van der Waals surface area (Å²) < 4.78 is 6.38. The van der Waals surface area contributed by atoms with E-state index >= 15 is 0 Å². The number of nitrogens with zero attached hydrogens (tertiary/aromatic N) is 1. The molecule has 0 aliphatic heterocycles. The Morgan fingerprint density at radius 3 is 1.49 bits per heavy atom. The molecule has 2 nitrogen and oxygen atoms in total. The summed E-state index contributed by atoms with van der Waals surface area (Å²) in [7, 11) is 0. The molecule has 0 radical (unpaired) electrons. The van der Waals surface area contributed by atoms with Crippen molar-refractivity contribution in [2.75, 3.05) is 4.90 Å². The fourth-order valence-electron chi connectivity index (χ4n) is 14.0. The van der Waals surface area contributed by atoms with E-state index in [9.17, 15) is 0 Å². The monoisotopic (exact) mass is 963 g/mol. The number of para-hydroxylation sites is 1. The minimum Gasteiger partial charge on any atom is -0.456 e. The minimum atomic E-state index is -0.611. The molecule has 1 unspecified atom stereocenters. The highest BCUT2D eigenvalue weighted by molar-refractivity contribution is 6.05. The molecule has 11 aromatic rings. The molecule has 0 bridgehead atoms. The van der Waals surface area contributed by atoms with Crippen molar-refractivity contribution in [2.45, 2.75) is 56.4 Å². The molecule has 4 aliphatic carbocycles. The number of benzene rings is 10. The fraction of sp³-hybridized carbons (Fsp3) is 0.123. The number of furan rings is 1. The van der Waals surface area contributed by atoms with E-state index in [4.69, 9.17) is 4.42 Å². The van der Waals surface area contributed by atoms with E-state index in [1.165, 1.54) is 100 Å². The highest BCUT2D eigenvalue weighted by atomic mass is 16.3. The molecule has 0 N–H and O–H groups in total. The Labute approximate surface area is 440 Å². The van der Waals surface area contributed by atoms with Gasteiger partial charge in [0.1, 0.15) is 11.2 Å². The molecule has 1 spiro atoms. The maximum Gasteiger partial charge on any atom is 0.136 e. The summed E-state index contributed by atoms with van der Waals surface area (Å²) in [5, 5.41) is 2.30. The second-order valence-electron chi connectivity index (χ2n) is 21.0. The predicted octanol–water partition coefficient (Wildman–Crippen LogP) is 18.5. The molecule has 0 saturated carbocycles. The first-order chi connectivity index (χ1) is 37.0. The van der Waals surface area contributed by atoms with Crippen molar-refractivity contribution >= 4 is 38.9 Å².